The number of nitrogens with one attached hydrogen (secondary N) is 1. The molecule has 2 aromatic rings. The van der Waals surface area contributed by atoms with Gasteiger partial charge in [-0.1, -0.05) is 43.2 Å². The zero-order valence-corrected chi connectivity index (χ0v) is 18.0. The molecule has 0 saturated heterocycles. The molecule has 2 aromatic carbocycles. The van der Waals surface area contributed by atoms with Crippen LogP contribution >= 0.6 is 0 Å². The van der Waals surface area contributed by atoms with Crippen molar-refractivity contribution in [1.29, 1.82) is 0 Å². The van der Waals surface area contributed by atoms with E-state index in [-0.39, 0.29) is 17.0 Å². The minimum atomic E-state index is -3.79. The van der Waals surface area contributed by atoms with Crippen molar-refractivity contribution in [3.63, 3.8) is 0 Å². The van der Waals surface area contributed by atoms with Crippen molar-refractivity contribution in [2.24, 2.45) is 0 Å². The van der Waals surface area contributed by atoms with Gasteiger partial charge in [-0.05, 0) is 63.4 Å². The summed E-state index contributed by atoms with van der Waals surface area (Å²) >= 11 is 0. The van der Waals surface area contributed by atoms with Crippen LogP contribution < -0.4 is 10.1 Å². The summed E-state index contributed by atoms with van der Waals surface area (Å²) in [6.07, 6.45) is 2.20. The number of amides is 1. The fourth-order valence-electron chi connectivity index (χ4n) is 3.93. The lowest BCUT2D eigenvalue weighted by Gasteiger charge is -2.29. The number of ether oxygens (including phenoxy) is 1. The van der Waals surface area contributed by atoms with E-state index in [1.807, 2.05) is 45.0 Å². The summed E-state index contributed by atoms with van der Waals surface area (Å²) in [5.74, 6) is 0.313. The predicted octanol–water partition coefficient (Wildman–Crippen LogP) is 4.44. The first-order valence-electron chi connectivity index (χ1n) is 10.1. The molecule has 1 fully saturated rings. The molecule has 1 aliphatic rings. The van der Waals surface area contributed by atoms with E-state index in [0.717, 1.165) is 24.2 Å². The van der Waals surface area contributed by atoms with E-state index >= 15 is 0 Å². The molecule has 1 atom stereocenters. The van der Waals surface area contributed by atoms with E-state index in [1.54, 1.807) is 30.3 Å². The van der Waals surface area contributed by atoms with Gasteiger partial charge in [-0.25, -0.2) is 8.42 Å². The number of carbonyl (C=O) groups excluding carboxylic acids is 1. The Morgan fingerprint density at radius 1 is 1.00 bits per heavy atom. The van der Waals surface area contributed by atoms with E-state index in [4.69, 9.17) is 4.74 Å². The van der Waals surface area contributed by atoms with Crippen LogP contribution in [0.1, 0.15) is 58.1 Å². The van der Waals surface area contributed by atoms with Crippen LogP contribution in [0.25, 0.3) is 0 Å². The second-order valence-corrected chi connectivity index (χ2v) is 10.2. The van der Waals surface area contributed by atoms with Crippen molar-refractivity contribution in [1.82, 2.24) is 5.32 Å². The third-order valence-corrected chi connectivity index (χ3v) is 7.99. The van der Waals surface area contributed by atoms with Crippen molar-refractivity contribution in [3.05, 3.63) is 60.2 Å². The lowest BCUT2D eigenvalue weighted by Crippen LogP contribution is -2.51. The van der Waals surface area contributed by atoms with Crippen LogP contribution in [0.4, 0.5) is 0 Å². The highest BCUT2D eigenvalue weighted by atomic mass is 32.2. The molecule has 0 radical (unpaired) electrons. The molecule has 1 aliphatic carbocycles. The lowest BCUT2D eigenvalue weighted by atomic mass is 10.0. The maximum absolute atomic E-state index is 13.4. The molecule has 1 saturated carbocycles. The highest BCUT2D eigenvalue weighted by Crippen LogP contribution is 2.41. The minimum Gasteiger partial charge on any atom is -0.491 e. The van der Waals surface area contributed by atoms with Gasteiger partial charge in [0.25, 0.3) is 0 Å². The lowest BCUT2D eigenvalue weighted by molar-refractivity contribution is -0.124. The van der Waals surface area contributed by atoms with Crippen LogP contribution in [0, 0.1) is 0 Å². The summed E-state index contributed by atoms with van der Waals surface area (Å²) in [7, 11) is -3.79. The van der Waals surface area contributed by atoms with E-state index in [0.29, 0.717) is 12.8 Å². The predicted molar refractivity (Wildman–Crippen MR) is 114 cm³/mol. The molecular weight excluding hydrogens is 386 g/mol. The number of carbonyl (C=O) groups is 1. The van der Waals surface area contributed by atoms with Crippen molar-refractivity contribution in [2.45, 2.75) is 68.2 Å². The Morgan fingerprint density at radius 2 is 1.66 bits per heavy atom. The first-order chi connectivity index (χ1) is 13.8. The van der Waals surface area contributed by atoms with Gasteiger partial charge in [0.05, 0.1) is 17.0 Å². The molecule has 29 heavy (non-hydrogen) atoms. The number of benzene rings is 2. The van der Waals surface area contributed by atoms with Crippen molar-refractivity contribution in [2.75, 3.05) is 0 Å². The Labute approximate surface area is 173 Å². The van der Waals surface area contributed by atoms with E-state index in [2.05, 4.69) is 5.32 Å². The van der Waals surface area contributed by atoms with E-state index in [9.17, 15) is 13.2 Å². The van der Waals surface area contributed by atoms with Gasteiger partial charge in [-0.15, -0.1) is 0 Å². The van der Waals surface area contributed by atoms with Gasteiger partial charge in [0.2, 0.25) is 5.91 Å². The zero-order chi connectivity index (χ0) is 21.1. The van der Waals surface area contributed by atoms with Crippen LogP contribution in [0.3, 0.4) is 0 Å². The molecule has 0 spiro atoms. The van der Waals surface area contributed by atoms with Gasteiger partial charge in [-0.3, -0.25) is 4.79 Å². The normalized spacial score (nSPS) is 17.1. The highest BCUT2D eigenvalue weighted by Gasteiger charge is 2.53. The molecule has 6 heteroatoms. The fourth-order valence-corrected chi connectivity index (χ4v) is 6.03. The topological polar surface area (TPSA) is 72.5 Å². The Morgan fingerprint density at radius 3 is 2.28 bits per heavy atom. The van der Waals surface area contributed by atoms with E-state index < -0.39 is 20.5 Å². The Kier molecular flexibility index (Phi) is 6.32. The zero-order valence-electron chi connectivity index (χ0n) is 17.2. The number of rotatable bonds is 7. The molecule has 1 amide bonds. The Balaban J connectivity index is 1.86. The quantitative estimate of drug-likeness (QED) is 0.726. The molecule has 0 bridgehead atoms. The summed E-state index contributed by atoms with van der Waals surface area (Å²) in [6, 6.07) is 15.5. The third-order valence-electron chi connectivity index (χ3n) is 5.47. The van der Waals surface area contributed by atoms with Crippen LogP contribution in [0.5, 0.6) is 5.75 Å². The Bertz CT molecular complexity index is 948. The summed E-state index contributed by atoms with van der Waals surface area (Å²) in [6.45, 7) is 5.77. The van der Waals surface area contributed by atoms with Gasteiger partial charge in [-0.2, -0.15) is 0 Å². The second kappa shape index (κ2) is 8.57. The van der Waals surface area contributed by atoms with Crippen LogP contribution in [0.15, 0.2) is 59.5 Å². The SMILES string of the molecule is CC(C)Oc1cccc([C@H](C)NC(=O)C2(S(=O)(=O)c3ccccc3)CCCC2)c1. The largest absolute Gasteiger partial charge is 0.491 e. The van der Waals surface area contributed by atoms with Crippen molar-refractivity contribution < 1.29 is 17.9 Å². The van der Waals surface area contributed by atoms with Crippen LogP contribution in [-0.4, -0.2) is 25.2 Å². The number of sulfone groups is 1. The van der Waals surface area contributed by atoms with Gasteiger partial charge in [0.1, 0.15) is 5.75 Å². The molecule has 156 valence electrons. The molecule has 0 heterocycles. The maximum atomic E-state index is 13.4. The minimum absolute atomic E-state index is 0.0490. The first kappa shape index (κ1) is 21.4. The summed E-state index contributed by atoms with van der Waals surface area (Å²) < 4.78 is 31.1. The average molecular weight is 416 g/mol. The summed E-state index contributed by atoms with van der Waals surface area (Å²) in [4.78, 5) is 13.5. The monoisotopic (exact) mass is 415 g/mol. The third kappa shape index (κ3) is 4.32. The summed E-state index contributed by atoms with van der Waals surface area (Å²) in [5, 5.41) is 2.96. The maximum Gasteiger partial charge on any atom is 0.242 e. The molecular formula is C23H29NO4S. The van der Waals surface area contributed by atoms with Gasteiger partial charge in [0.15, 0.2) is 14.6 Å². The van der Waals surface area contributed by atoms with Crippen LogP contribution in [-0.2, 0) is 14.6 Å². The smallest absolute Gasteiger partial charge is 0.242 e. The molecule has 0 aromatic heterocycles. The average Bonchev–Trinajstić information content (AvgIpc) is 3.20. The summed E-state index contributed by atoms with van der Waals surface area (Å²) in [5.41, 5.74) is 0.877. The molecule has 0 unspecified atom stereocenters. The molecule has 1 N–H and O–H groups in total. The van der Waals surface area contributed by atoms with Gasteiger partial charge < -0.3 is 10.1 Å². The molecule has 0 aliphatic heterocycles. The molecule has 3 rings (SSSR count). The standard InChI is InChI=1S/C23H29NO4S/c1-17(2)28-20-11-9-10-19(16-20)18(3)24-22(25)23(14-7-8-15-23)29(26,27)21-12-5-4-6-13-21/h4-6,9-13,16-18H,7-8,14-15H2,1-3H3,(H,24,25)/t18-/m0/s1. The van der Waals surface area contributed by atoms with E-state index in [1.165, 1.54) is 0 Å². The van der Waals surface area contributed by atoms with Gasteiger partial charge >= 0.3 is 0 Å². The first-order valence-corrected chi connectivity index (χ1v) is 11.6. The van der Waals surface area contributed by atoms with Gasteiger partial charge in [0, 0.05) is 0 Å². The van der Waals surface area contributed by atoms with Crippen molar-refractivity contribution >= 4 is 15.7 Å². The Hall–Kier alpha value is -2.34. The molecule has 5 nitrogen and oxygen atoms in total. The number of hydrogen-bond donors (Lipinski definition) is 1. The second-order valence-electron chi connectivity index (χ2n) is 7.95. The number of hydrogen-bond acceptors (Lipinski definition) is 4. The van der Waals surface area contributed by atoms with Crippen molar-refractivity contribution in [3.8, 4) is 5.75 Å². The highest BCUT2D eigenvalue weighted by molar-refractivity contribution is 7.93. The fraction of sp³-hybridized carbons (Fsp3) is 0.435. The van der Waals surface area contributed by atoms with Crippen LogP contribution in [0.2, 0.25) is 0 Å².